The molecule has 0 saturated carbocycles. The van der Waals surface area contributed by atoms with E-state index in [1.54, 1.807) is 6.07 Å². The summed E-state index contributed by atoms with van der Waals surface area (Å²) in [5, 5.41) is 2.71. The molecule has 11 aromatic rings. The molecule has 3 aromatic heterocycles. The molecule has 0 aliphatic rings. The summed E-state index contributed by atoms with van der Waals surface area (Å²) in [5.74, 6) is 0.828. The molecule has 0 radical (unpaired) electrons. The Bertz CT molecular complexity index is 3450. The minimum Gasteiger partial charge on any atom is -0.309 e. The zero-order valence-electron chi connectivity index (χ0n) is 33.4. The summed E-state index contributed by atoms with van der Waals surface area (Å²) in [6.07, 6.45) is -9.46. The molecule has 0 aliphatic carbocycles. The summed E-state index contributed by atoms with van der Waals surface area (Å²) in [6.45, 7) is 0. The Kier molecular flexibility index (Phi) is 8.98. The smallest absolute Gasteiger partial charge is 0.309 e. The van der Waals surface area contributed by atoms with Crippen LogP contribution in [-0.2, 0) is 12.4 Å². The molecule has 3 heterocycles. The van der Waals surface area contributed by atoms with Gasteiger partial charge in [0.15, 0.2) is 17.5 Å². The molecule has 0 atom stereocenters. The SMILES string of the molecule is FC(F)(F)c1ccc2c3ccc(C(F)(F)F)cc3n(-c3ccc(-c4ccc5c(c4)c4ccccc4n5-c4ccccc4)cc3-c3nc(-c4ccccc4)nc(-c4ccccc4)n3)c2c1. The van der Waals surface area contributed by atoms with Crippen LogP contribution in [0.2, 0.25) is 0 Å². The number of alkyl halides is 6. The molecule has 310 valence electrons. The Hall–Kier alpha value is -8.05. The lowest BCUT2D eigenvalue weighted by Crippen LogP contribution is -2.07. The first-order chi connectivity index (χ1) is 31.0. The molecule has 0 unspecified atom stereocenters. The fraction of sp³-hybridized carbons (Fsp3) is 0.0377. The highest BCUT2D eigenvalue weighted by Gasteiger charge is 2.34. The van der Waals surface area contributed by atoms with Crippen molar-refractivity contribution < 1.29 is 26.3 Å². The predicted octanol–water partition coefficient (Wildman–Crippen LogP) is 14.8. The molecule has 11 rings (SSSR count). The molecule has 0 saturated heterocycles. The minimum atomic E-state index is -4.73. The van der Waals surface area contributed by atoms with Crippen molar-refractivity contribution in [1.29, 1.82) is 0 Å². The van der Waals surface area contributed by atoms with Crippen molar-refractivity contribution in [3.05, 3.63) is 199 Å². The maximum absolute atomic E-state index is 14.4. The van der Waals surface area contributed by atoms with E-state index in [1.165, 1.54) is 16.7 Å². The largest absolute Gasteiger partial charge is 0.416 e. The lowest BCUT2D eigenvalue weighted by molar-refractivity contribution is -0.138. The number of aromatic nitrogens is 5. The van der Waals surface area contributed by atoms with Gasteiger partial charge >= 0.3 is 12.4 Å². The van der Waals surface area contributed by atoms with Crippen LogP contribution >= 0.6 is 0 Å². The van der Waals surface area contributed by atoms with Crippen LogP contribution in [0.15, 0.2) is 188 Å². The Morgan fingerprint density at radius 2 is 0.797 bits per heavy atom. The number of hydrogen-bond donors (Lipinski definition) is 0. The zero-order valence-corrected chi connectivity index (χ0v) is 33.4. The average molecular weight is 852 g/mol. The van der Waals surface area contributed by atoms with Crippen molar-refractivity contribution >= 4 is 43.6 Å². The fourth-order valence-electron chi connectivity index (χ4n) is 8.66. The van der Waals surface area contributed by atoms with Crippen molar-refractivity contribution in [1.82, 2.24) is 24.1 Å². The van der Waals surface area contributed by atoms with Gasteiger partial charge in [-0.3, -0.25) is 0 Å². The summed E-state index contributed by atoms with van der Waals surface area (Å²) in [4.78, 5) is 14.9. The molecule has 0 spiro atoms. The number of para-hydroxylation sites is 2. The second-order valence-corrected chi connectivity index (χ2v) is 15.5. The van der Waals surface area contributed by atoms with Crippen LogP contribution in [-0.4, -0.2) is 24.1 Å². The molecule has 0 aliphatic heterocycles. The van der Waals surface area contributed by atoms with Gasteiger partial charge in [0.25, 0.3) is 0 Å². The van der Waals surface area contributed by atoms with Crippen LogP contribution in [0.3, 0.4) is 0 Å². The summed E-state index contributed by atoms with van der Waals surface area (Å²) in [5.41, 5.74) is 4.77. The van der Waals surface area contributed by atoms with E-state index in [-0.39, 0.29) is 22.5 Å². The van der Waals surface area contributed by atoms with Gasteiger partial charge in [0.05, 0.1) is 38.9 Å². The number of fused-ring (bicyclic) bond motifs is 6. The number of halogens is 6. The zero-order chi connectivity index (χ0) is 43.7. The van der Waals surface area contributed by atoms with Crippen molar-refractivity contribution in [2.45, 2.75) is 12.4 Å². The van der Waals surface area contributed by atoms with Crippen molar-refractivity contribution in [3.8, 4) is 56.7 Å². The van der Waals surface area contributed by atoms with Gasteiger partial charge in [0.2, 0.25) is 0 Å². The molecule has 0 fully saturated rings. The van der Waals surface area contributed by atoms with Gasteiger partial charge in [-0.2, -0.15) is 26.3 Å². The Morgan fingerprint density at radius 3 is 1.38 bits per heavy atom. The number of nitrogens with zero attached hydrogens (tertiary/aromatic N) is 5. The second-order valence-electron chi connectivity index (χ2n) is 15.5. The van der Waals surface area contributed by atoms with Crippen LogP contribution in [0.25, 0.3) is 100 Å². The Balaban J connectivity index is 1.22. The molecule has 5 nitrogen and oxygen atoms in total. The van der Waals surface area contributed by atoms with Gasteiger partial charge in [0.1, 0.15) is 0 Å². The third-order valence-corrected chi connectivity index (χ3v) is 11.6. The highest BCUT2D eigenvalue weighted by Crippen LogP contribution is 2.43. The molecular weight excluding hydrogens is 821 g/mol. The summed E-state index contributed by atoms with van der Waals surface area (Å²) < 4.78 is 90.3. The molecule has 0 amide bonds. The van der Waals surface area contributed by atoms with E-state index in [4.69, 9.17) is 15.0 Å². The molecule has 8 aromatic carbocycles. The monoisotopic (exact) mass is 851 g/mol. The maximum Gasteiger partial charge on any atom is 0.416 e. The molecule has 0 N–H and O–H groups in total. The van der Waals surface area contributed by atoms with E-state index in [2.05, 4.69) is 41.0 Å². The summed E-state index contributed by atoms with van der Waals surface area (Å²) in [7, 11) is 0. The van der Waals surface area contributed by atoms with Crippen LogP contribution in [0.4, 0.5) is 26.3 Å². The maximum atomic E-state index is 14.4. The van der Waals surface area contributed by atoms with E-state index in [0.717, 1.165) is 57.3 Å². The highest BCUT2D eigenvalue weighted by atomic mass is 19.4. The number of hydrogen-bond acceptors (Lipinski definition) is 3. The van der Waals surface area contributed by atoms with Gasteiger partial charge in [-0.15, -0.1) is 0 Å². The van der Waals surface area contributed by atoms with E-state index in [9.17, 15) is 26.3 Å². The number of rotatable bonds is 6. The third-order valence-electron chi connectivity index (χ3n) is 11.6. The standard InChI is InChI=1S/C53H31F6N5/c54-52(55,56)36-22-24-40-41-25-23-37(53(57,58)59)31-48(41)64(47(40)30-36)46-27-21-35(34-20-26-45-42(28-34)39-18-10-11-19-44(39)63(45)38-16-8-3-9-17-38)29-43(46)51-61-49(32-12-4-1-5-13-32)60-50(62-51)33-14-6-2-7-15-33/h1-31H. The van der Waals surface area contributed by atoms with Crippen LogP contribution in [0.5, 0.6) is 0 Å². The van der Waals surface area contributed by atoms with E-state index >= 15 is 0 Å². The Labute approximate surface area is 361 Å². The van der Waals surface area contributed by atoms with E-state index in [0.29, 0.717) is 44.7 Å². The summed E-state index contributed by atoms with van der Waals surface area (Å²) in [6, 6.07) is 54.8. The van der Waals surface area contributed by atoms with Gasteiger partial charge in [-0.25, -0.2) is 15.0 Å². The van der Waals surface area contributed by atoms with Gasteiger partial charge < -0.3 is 9.13 Å². The summed E-state index contributed by atoms with van der Waals surface area (Å²) >= 11 is 0. The molecular formula is C53H31F6N5. The molecule has 0 bridgehead atoms. The topological polar surface area (TPSA) is 48.5 Å². The molecule has 11 heteroatoms. The normalized spacial score (nSPS) is 12.2. The van der Waals surface area contributed by atoms with Gasteiger partial charge in [-0.05, 0) is 77.9 Å². The lowest BCUT2D eigenvalue weighted by Gasteiger charge is -2.17. The first-order valence-corrected chi connectivity index (χ1v) is 20.3. The Morgan fingerprint density at radius 1 is 0.328 bits per heavy atom. The predicted molar refractivity (Wildman–Crippen MR) is 240 cm³/mol. The average Bonchev–Trinajstić information content (AvgIpc) is 3.83. The van der Waals surface area contributed by atoms with Crippen molar-refractivity contribution in [3.63, 3.8) is 0 Å². The van der Waals surface area contributed by atoms with Crippen LogP contribution in [0, 0.1) is 0 Å². The van der Waals surface area contributed by atoms with Crippen molar-refractivity contribution in [2.24, 2.45) is 0 Å². The highest BCUT2D eigenvalue weighted by molar-refractivity contribution is 6.12. The van der Waals surface area contributed by atoms with Crippen molar-refractivity contribution in [2.75, 3.05) is 0 Å². The van der Waals surface area contributed by atoms with E-state index in [1.807, 2.05) is 109 Å². The second kappa shape index (κ2) is 14.8. The molecule has 64 heavy (non-hydrogen) atoms. The first-order valence-electron chi connectivity index (χ1n) is 20.3. The quantitative estimate of drug-likeness (QED) is 0.157. The first kappa shape index (κ1) is 38.8. The lowest BCUT2D eigenvalue weighted by atomic mass is 9.99. The fourth-order valence-corrected chi connectivity index (χ4v) is 8.66. The van der Waals surface area contributed by atoms with E-state index < -0.39 is 23.5 Å². The third kappa shape index (κ3) is 6.64. The van der Waals surface area contributed by atoms with Gasteiger partial charge in [-0.1, -0.05) is 121 Å². The number of benzene rings is 8. The van der Waals surface area contributed by atoms with Crippen LogP contribution < -0.4 is 0 Å². The van der Waals surface area contributed by atoms with Crippen LogP contribution in [0.1, 0.15) is 11.1 Å². The van der Waals surface area contributed by atoms with Gasteiger partial charge in [0, 0.05) is 43.9 Å². The minimum absolute atomic E-state index is 0.0638.